The number of rotatable bonds is 3. The highest BCUT2D eigenvalue weighted by molar-refractivity contribution is 5.21. The molecule has 0 saturated heterocycles. The fraction of sp³-hybridized carbons (Fsp3) is 0.200. The Kier molecular flexibility index (Phi) is 2.19. The SMILES string of the molecule is OCOOn1c(O)ccc1O. The van der Waals surface area contributed by atoms with Crippen LogP contribution in [-0.2, 0) is 4.89 Å². The molecular weight excluding hydrogens is 154 g/mol. The van der Waals surface area contributed by atoms with Gasteiger partial charge in [0.25, 0.3) is 0 Å². The fourth-order valence-corrected chi connectivity index (χ4v) is 0.554. The van der Waals surface area contributed by atoms with Crippen LogP contribution in [0, 0.1) is 0 Å². The molecule has 62 valence electrons. The Balaban J connectivity index is 2.67. The van der Waals surface area contributed by atoms with Crippen LogP contribution < -0.4 is 4.99 Å². The lowest BCUT2D eigenvalue weighted by Crippen LogP contribution is -2.11. The molecule has 0 aliphatic rings. The highest BCUT2D eigenvalue weighted by Gasteiger charge is 2.06. The average molecular weight is 161 g/mol. The summed E-state index contributed by atoms with van der Waals surface area (Å²) in [7, 11) is 0. The molecule has 0 amide bonds. The molecule has 0 bridgehead atoms. The molecule has 0 aliphatic carbocycles. The molecule has 0 spiro atoms. The first-order chi connectivity index (χ1) is 5.25. The van der Waals surface area contributed by atoms with Gasteiger partial charge in [-0.15, -0.1) is 4.89 Å². The van der Waals surface area contributed by atoms with Crippen LogP contribution in [0.2, 0.25) is 0 Å². The maximum Gasteiger partial charge on any atom is 0.233 e. The van der Waals surface area contributed by atoms with E-state index in [9.17, 15) is 0 Å². The molecule has 3 N–H and O–H groups in total. The summed E-state index contributed by atoms with van der Waals surface area (Å²) in [4.78, 5) is 8.26. The van der Waals surface area contributed by atoms with Crippen molar-refractivity contribution in [2.24, 2.45) is 0 Å². The predicted molar refractivity (Wildman–Crippen MR) is 32.5 cm³/mol. The summed E-state index contributed by atoms with van der Waals surface area (Å²) >= 11 is 0. The Morgan fingerprint density at radius 2 is 1.82 bits per heavy atom. The third-order valence-electron chi connectivity index (χ3n) is 0.978. The van der Waals surface area contributed by atoms with E-state index in [2.05, 4.69) is 9.88 Å². The normalized spacial score (nSPS) is 9.91. The van der Waals surface area contributed by atoms with Crippen LogP contribution in [0.15, 0.2) is 12.1 Å². The van der Waals surface area contributed by atoms with Gasteiger partial charge in [0.1, 0.15) is 0 Å². The second kappa shape index (κ2) is 3.13. The zero-order valence-corrected chi connectivity index (χ0v) is 5.47. The minimum Gasteiger partial charge on any atom is -0.492 e. The van der Waals surface area contributed by atoms with Crippen molar-refractivity contribution in [2.45, 2.75) is 0 Å². The third-order valence-corrected chi connectivity index (χ3v) is 0.978. The van der Waals surface area contributed by atoms with Gasteiger partial charge < -0.3 is 15.3 Å². The van der Waals surface area contributed by atoms with E-state index >= 15 is 0 Å². The molecule has 6 heteroatoms. The predicted octanol–water partition coefficient (Wildman–Crippen LogP) is -0.791. The van der Waals surface area contributed by atoms with Gasteiger partial charge >= 0.3 is 0 Å². The summed E-state index contributed by atoms with van der Waals surface area (Å²) in [6.07, 6.45) is 0. The number of nitrogens with zero attached hydrogens (tertiary/aromatic N) is 1. The molecule has 0 aliphatic heterocycles. The van der Waals surface area contributed by atoms with E-state index in [0.717, 1.165) is 0 Å². The van der Waals surface area contributed by atoms with E-state index in [-0.39, 0.29) is 11.8 Å². The number of aliphatic hydroxyl groups excluding tert-OH is 1. The summed E-state index contributed by atoms with van der Waals surface area (Å²) < 4.78 is 0.607. The molecule has 0 aromatic carbocycles. The summed E-state index contributed by atoms with van der Waals surface area (Å²) in [5, 5.41) is 25.9. The third kappa shape index (κ3) is 1.54. The van der Waals surface area contributed by atoms with Crippen LogP contribution in [0.3, 0.4) is 0 Å². The summed E-state index contributed by atoms with van der Waals surface area (Å²) in [6, 6.07) is 2.41. The van der Waals surface area contributed by atoms with Crippen molar-refractivity contribution in [2.75, 3.05) is 6.79 Å². The van der Waals surface area contributed by atoms with Crippen LogP contribution in [0.4, 0.5) is 0 Å². The van der Waals surface area contributed by atoms with E-state index in [4.69, 9.17) is 15.3 Å². The van der Waals surface area contributed by atoms with Crippen LogP contribution in [0.5, 0.6) is 11.8 Å². The highest BCUT2D eigenvalue weighted by atomic mass is 17.3. The monoisotopic (exact) mass is 161 g/mol. The number of aromatic nitrogens is 1. The molecular formula is C5H7NO5. The lowest BCUT2D eigenvalue weighted by atomic mass is 10.6. The van der Waals surface area contributed by atoms with E-state index in [1.54, 1.807) is 0 Å². The Labute approximate surface area is 61.7 Å². The molecule has 0 saturated carbocycles. The van der Waals surface area contributed by atoms with Gasteiger partial charge in [-0.3, -0.25) is 0 Å². The maximum absolute atomic E-state index is 8.87. The highest BCUT2D eigenvalue weighted by Crippen LogP contribution is 2.18. The Morgan fingerprint density at radius 1 is 1.27 bits per heavy atom. The lowest BCUT2D eigenvalue weighted by molar-refractivity contribution is -0.329. The van der Waals surface area contributed by atoms with Crippen molar-refractivity contribution >= 4 is 0 Å². The molecule has 0 unspecified atom stereocenters. The summed E-state index contributed by atoms with van der Waals surface area (Å²) in [5.74, 6) is -0.646. The van der Waals surface area contributed by atoms with Gasteiger partial charge in [0.15, 0.2) is 6.79 Å². The van der Waals surface area contributed by atoms with Crippen LogP contribution >= 0.6 is 0 Å². The molecule has 1 aromatic heterocycles. The second-order valence-electron chi connectivity index (χ2n) is 1.67. The van der Waals surface area contributed by atoms with Gasteiger partial charge in [-0.1, -0.05) is 4.73 Å². The number of hydrogen-bond donors (Lipinski definition) is 3. The van der Waals surface area contributed by atoms with Crippen molar-refractivity contribution in [1.29, 1.82) is 0 Å². The molecule has 6 nitrogen and oxygen atoms in total. The summed E-state index contributed by atoms with van der Waals surface area (Å²) in [6.45, 7) is -0.670. The van der Waals surface area contributed by atoms with Gasteiger partial charge in [0, 0.05) is 12.1 Å². The molecule has 1 rings (SSSR count). The Bertz CT molecular complexity index is 213. The fourth-order valence-electron chi connectivity index (χ4n) is 0.554. The molecule has 0 radical (unpaired) electrons. The first-order valence-corrected chi connectivity index (χ1v) is 2.76. The molecule has 0 atom stereocenters. The van der Waals surface area contributed by atoms with Crippen molar-refractivity contribution in [3.8, 4) is 11.8 Å². The molecule has 1 aromatic rings. The average Bonchev–Trinajstić information content (AvgIpc) is 2.29. The second-order valence-corrected chi connectivity index (χ2v) is 1.67. The Hall–Kier alpha value is -1.40. The van der Waals surface area contributed by atoms with Crippen molar-refractivity contribution in [3.63, 3.8) is 0 Å². The Morgan fingerprint density at radius 3 is 2.27 bits per heavy atom. The molecule has 1 heterocycles. The first kappa shape index (κ1) is 7.70. The largest absolute Gasteiger partial charge is 0.492 e. The minimum atomic E-state index is -0.670. The lowest BCUT2D eigenvalue weighted by Gasteiger charge is -2.03. The first-order valence-electron chi connectivity index (χ1n) is 2.76. The van der Waals surface area contributed by atoms with Crippen molar-refractivity contribution < 1.29 is 25.2 Å². The van der Waals surface area contributed by atoms with E-state index in [1.807, 2.05) is 0 Å². The van der Waals surface area contributed by atoms with Crippen molar-refractivity contribution in [3.05, 3.63) is 12.1 Å². The standard InChI is InChI=1S/C5H7NO5/c7-3-10-11-6-4(8)1-2-5(6)9/h1-2,7-9H,3H2. The van der Waals surface area contributed by atoms with Gasteiger partial charge in [-0.2, -0.15) is 0 Å². The maximum atomic E-state index is 8.87. The number of hydrogen-bond acceptors (Lipinski definition) is 5. The zero-order chi connectivity index (χ0) is 8.27. The van der Waals surface area contributed by atoms with E-state index in [1.165, 1.54) is 12.1 Å². The van der Waals surface area contributed by atoms with Gasteiger partial charge in [-0.05, 0) is 0 Å². The van der Waals surface area contributed by atoms with Gasteiger partial charge in [0.2, 0.25) is 11.8 Å². The zero-order valence-electron chi connectivity index (χ0n) is 5.47. The van der Waals surface area contributed by atoms with Gasteiger partial charge in [0.05, 0.1) is 0 Å². The van der Waals surface area contributed by atoms with Crippen LogP contribution in [0.25, 0.3) is 0 Å². The van der Waals surface area contributed by atoms with Crippen molar-refractivity contribution in [1.82, 2.24) is 4.73 Å². The van der Waals surface area contributed by atoms with E-state index < -0.39 is 6.79 Å². The van der Waals surface area contributed by atoms with E-state index in [0.29, 0.717) is 4.73 Å². The topological polar surface area (TPSA) is 84.1 Å². The summed E-state index contributed by atoms with van der Waals surface area (Å²) in [5.41, 5.74) is 0. The molecule has 11 heavy (non-hydrogen) atoms. The van der Waals surface area contributed by atoms with Crippen LogP contribution in [0.1, 0.15) is 0 Å². The number of aliphatic hydroxyl groups is 1. The minimum absolute atomic E-state index is 0.323. The smallest absolute Gasteiger partial charge is 0.233 e. The molecule has 0 fully saturated rings. The number of aromatic hydroxyl groups is 2. The van der Waals surface area contributed by atoms with Gasteiger partial charge in [-0.25, -0.2) is 4.99 Å². The van der Waals surface area contributed by atoms with Crippen LogP contribution in [-0.4, -0.2) is 26.8 Å². The quantitative estimate of drug-likeness (QED) is 0.307.